The number of aryl methyl sites for hydroxylation is 1. The first kappa shape index (κ1) is 17.4. The lowest BCUT2D eigenvalue weighted by atomic mass is 10.1. The van der Waals surface area contributed by atoms with Gasteiger partial charge in [-0.2, -0.15) is 0 Å². The lowest BCUT2D eigenvalue weighted by Crippen LogP contribution is -2.29. The van der Waals surface area contributed by atoms with Crippen LogP contribution >= 0.6 is 12.2 Å². The van der Waals surface area contributed by atoms with Crippen molar-refractivity contribution >= 4 is 28.9 Å². The van der Waals surface area contributed by atoms with Gasteiger partial charge in [-0.15, -0.1) is 0 Å². The molecule has 2 aromatic rings. The Morgan fingerprint density at radius 1 is 1.16 bits per heavy atom. The van der Waals surface area contributed by atoms with Gasteiger partial charge in [-0.3, -0.25) is 4.79 Å². The fourth-order valence-corrected chi connectivity index (χ4v) is 3.22. The van der Waals surface area contributed by atoms with Gasteiger partial charge in [0.1, 0.15) is 0 Å². The zero-order valence-corrected chi connectivity index (χ0v) is 15.2. The number of amides is 1. The standard InChI is InChI=1S/C20H23N3OS/c1-15-6-4-9-18(12-15)22-20(25)21-13-16-7-2-3-8-17(16)14-23-11-5-10-19(23)24/h2-4,6-9,12H,5,10-11,13-14H2,1H3,(H2,21,22,25). The van der Waals surface area contributed by atoms with E-state index in [1.807, 2.05) is 29.2 Å². The number of nitrogens with one attached hydrogen (secondary N) is 2. The molecule has 1 aliphatic heterocycles. The molecule has 0 aliphatic carbocycles. The van der Waals surface area contributed by atoms with Crippen LogP contribution in [0.15, 0.2) is 48.5 Å². The molecule has 0 atom stereocenters. The van der Waals surface area contributed by atoms with Crippen molar-refractivity contribution in [2.45, 2.75) is 32.9 Å². The van der Waals surface area contributed by atoms with Gasteiger partial charge in [-0.1, -0.05) is 36.4 Å². The molecule has 25 heavy (non-hydrogen) atoms. The van der Waals surface area contributed by atoms with Gasteiger partial charge >= 0.3 is 0 Å². The molecule has 1 saturated heterocycles. The number of carbonyl (C=O) groups excluding carboxylic acids is 1. The molecule has 5 heteroatoms. The number of benzene rings is 2. The number of hydrogen-bond acceptors (Lipinski definition) is 2. The molecular weight excluding hydrogens is 330 g/mol. The van der Waals surface area contributed by atoms with Crippen molar-refractivity contribution in [1.82, 2.24) is 10.2 Å². The van der Waals surface area contributed by atoms with Gasteiger partial charge in [-0.25, -0.2) is 0 Å². The first-order valence-electron chi connectivity index (χ1n) is 8.58. The molecule has 0 spiro atoms. The van der Waals surface area contributed by atoms with Crippen LogP contribution in [-0.2, 0) is 17.9 Å². The Hall–Kier alpha value is -2.40. The van der Waals surface area contributed by atoms with E-state index in [9.17, 15) is 4.79 Å². The van der Waals surface area contributed by atoms with Gasteiger partial charge in [0, 0.05) is 31.7 Å². The Balaban J connectivity index is 1.59. The summed E-state index contributed by atoms with van der Waals surface area (Å²) in [5.74, 6) is 0.249. The zero-order chi connectivity index (χ0) is 17.6. The highest BCUT2D eigenvalue weighted by Crippen LogP contribution is 2.17. The summed E-state index contributed by atoms with van der Waals surface area (Å²) in [4.78, 5) is 13.8. The van der Waals surface area contributed by atoms with Crippen molar-refractivity contribution in [2.24, 2.45) is 0 Å². The summed E-state index contributed by atoms with van der Waals surface area (Å²) in [6.07, 6.45) is 1.63. The summed E-state index contributed by atoms with van der Waals surface area (Å²) in [7, 11) is 0. The van der Waals surface area contributed by atoms with Crippen molar-refractivity contribution in [1.29, 1.82) is 0 Å². The predicted molar refractivity (Wildman–Crippen MR) is 105 cm³/mol. The van der Waals surface area contributed by atoms with E-state index in [4.69, 9.17) is 12.2 Å². The smallest absolute Gasteiger partial charge is 0.222 e. The Kier molecular flexibility index (Phi) is 5.66. The van der Waals surface area contributed by atoms with Crippen molar-refractivity contribution in [3.63, 3.8) is 0 Å². The minimum atomic E-state index is 0.249. The summed E-state index contributed by atoms with van der Waals surface area (Å²) in [5, 5.41) is 7.06. The lowest BCUT2D eigenvalue weighted by molar-refractivity contribution is -0.128. The molecule has 2 aromatic carbocycles. The van der Waals surface area contributed by atoms with Crippen LogP contribution in [0.4, 0.5) is 5.69 Å². The SMILES string of the molecule is Cc1cccc(NC(=S)NCc2ccccc2CN2CCCC2=O)c1. The highest BCUT2D eigenvalue weighted by atomic mass is 32.1. The molecule has 4 nitrogen and oxygen atoms in total. The van der Waals surface area contributed by atoms with Crippen LogP contribution in [-0.4, -0.2) is 22.5 Å². The number of thiocarbonyl (C=S) groups is 1. The van der Waals surface area contributed by atoms with Crippen molar-refractivity contribution in [3.05, 3.63) is 65.2 Å². The van der Waals surface area contributed by atoms with Gasteiger partial charge in [0.05, 0.1) is 0 Å². The largest absolute Gasteiger partial charge is 0.358 e. The molecule has 130 valence electrons. The van der Waals surface area contributed by atoms with Crippen molar-refractivity contribution in [2.75, 3.05) is 11.9 Å². The number of nitrogens with zero attached hydrogens (tertiary/aromatic N) is 1. The van der Waals surface area contributed by atoms with Crippen LogP contribution < -0.4 is 10.6 Å². The molecule has 0 saturated carbocycles. The van der Waals surface area contributed by atoms with E-state index in [0.717, 1.165) is 24.2 Å². The van der Waals surface area contributed by atoms with Crippen LogP contribution in [0, 0.1) is 6.92 Å². The summed E-state index contributed by atoms with van der Waals surface area (Å²) < 4.78 is 0. The summed E-state index contributed by atoms with van der Waals surface area (Å²) in [6.45, 7) is 4.22. The van der Waals surface area contributed by atoms with Crippen LogP contribution in [0.3, 0.4) is 0 Å². The maximum Gasteiger partial charge on any atom is 0.222 e. The van der Waals surface area contributed by atoms with E-state index < -0.39 is 0 Å². The molecule has 1 amide bonds. The predicted octanol–water partition coefficient (Wildman–Crippen LogP) is 3.60. The maximum atomic E-state index is 11.9. The number of hydrogen-bond donors (Lipinski definition) is 2. The number of likely N-dealkylation sites (tertiary alicyclic amines) is 1. The molecule has 2 N–H and O–H groups in total. The first-order chi connectivity index (χ1) is 12.1. The summed E-state index contributed by atoms with van der Waals surface area (Å²) in [6, 6.07) is 16.3. The van der Waals surface area contributed by atoms with Crippen LogP contribution in [0.2, 0.25) is 0 Å². The van der Waals surface area contributed by atoms with Crippen LogP contribution in [0.1, 0.15) is 29.5 Å². The molecule has 0 radical (unpaired) electrons. The quantitative estimate of drug-likeness (QED) is 0.806. The number of anilines is 1. The van der Waals surface area contributed by atoms with E-state index in [0.29, 0.717) is 24.6 Å². The highest BCUT2D eigenvalue weighted by molar-refractivity contribution is 7.80. The maximum absolute atomic E-state index is 11.9. The van der Waals surface area contributed by atoms with Gasteiger partial charge in [0.25, 0.3) is 0 Å². The Morgan fingerprint density at radius 2 is 1.96 bits per heavy atom. The topological polar surface area (TPSA) is 44.4 Å². The zero-order valence-electron chi connectivity index (χ0n) is 14.4. The van der Waals surface area contributed by atoms with E-state index in [1.54, 1.807) is 0 Å². The average molecular weight is 353 g/mol. The third kappa shape index (κ3) is 4.79. The normalized spacial score (nSPS) is 13.8. The van der Waals surface area contributed by atoms with E-state index in [1.165, 1.54) is 11.1 Å². The van der Waals surface area contributed by atoms with Gasteiger partial charge in [-0.05, 0) is 54.4 Å². The van der Waals surface area contributed by atoms with Crippen LogP contribution in [0.25, 0.3) is 0 Å². The van der Waals surface area contributed by atoms with Gasteiger partial charge in [0.2, 0.25) is 5.91 Å². The average Bonchev–Trinajstić information content (AvgIpc) is 2.99. The van der Waals surface area contributed by atoms with Crippen molar-refractivity contribution in [3.8, 4) is 0 Å². The second-order valence-electron chi connectivity index (χ2n) is 6.36. The molecule has 3 rings (SSSR count). The third-order valence-corrected chi connectivity index (χ3v) is 4.61. The number of carbonyl (C=O) groups is 1. The molecule has 1 fully saturated rings. The second-order valence-corrected chi connectivity index (χ2v) is 6.77. The molecule has 1 aliphatic rings. The minimum Gasteiger partial charge on any atom is -0.358 e. The van der Waals surface area contributed by atoms with Crippen molar-refractivity contribution < 1.29 is 4.79 Å². The van der Waals surface area contributed by atoms with E-state index >= 15 is 0 Å². The van der Waals surface area contributed by atoms with Crippen LogP contribution in [0.5, 0.6) is 0 Å². The van der Waals surface area contributed by atoms with Gasteiger partial charge < -0.3 is 15.5 Å². The minimum absolute atomic E-state index is 0.249. The lowest BCUT2D eigenvalue weighted by Gasteiger charge is -2.19. The Bertz CT molecular complexity index is 775. The summed E-state index contributed by atoms with van der Waals surface area (Å²) in [5.41, 5.74) is 4.50. The molecule has 0 bridgehead atoms. The second kappa shape index (κ2) is 8.12. The molecular formula is C20H23N3OS. The molecule has 0 aromatic heterocycles. The third-order valence-electron chi connectivity index (χ3n) is 4.37. The molecule has 1 heterocycles. The van der Waals surface area contributed by atoms with E-state index in [2.05, 4.69) is 41.8 Å². The van der Waals surface area contributed by atoms with Gasteiger partial charge in [0.15, 0.2) is 5.11 Å². The molecule has 0 unspecified atom stereocenters. The summed E-state index contributed by atoms with van der Waals surface area (Å²) >= 11 is 5.40. The van der Waals surface area contributed by atoms with E-state index in [-0.39, 0.29) is 5.91 Å². The monoisotopic (exact) mass is 353 g/mol. The Morgan fingerprint density at radius 3 is 2.68 bits per heavy atom. The fourth-order valence-electron chi connectivity index (χ4n) is 3.03. The Labute approximate surface area is 154 Å². The number of rotatable bonds is 5. The first-order valence-corrected chi connectivity index (χ1v) is 8.99. The highest BCUT2D eigenvalue weighted by Gasteiger charge is 2.20. The fraction of sp³-hybridized carbons (Fsp3) is 0.300.